The molecule has 0 aliphatic carbocycles. The number of hydrogen-bond acceptors (Lipinski definition) is 4. The van der Waals surface area contributed by atoms with E-state index in [4.69, 9.17) is 4.74 Å². The highest BCUT2D eigenvalue weighted by Gasteiger charge is 2.22. The zero-order chi connectivity index (χ0) is 26.2. The number of amides is 1. The van der Waals surface area contributed by atoms with Crippen LogP contribution in [0.15, 0.2) is 84.9 Å². The number of hydrogen-bond donors (Lipinski definition) is 2. The van der Waals surface area contributed by atoms with Crippen LogP contribution in [-0.4, -0.2) is 35.0 Å². The van der Waals surface area contributed by atoms with Crippen molar-refractivity contribution in [3.63, 3.8) is 0 Å². The average Bonchev–Trinajstić information content (AvgIpc) is 2.91. The van der Waals surface area contributed by atoms with Crippen LogP contribution in [0.25, 0.3) is 21.9 Å². The number of thioether (sulfide) groups is 1. The number of carboxylic acids is 1. The standard InChI is InChI=1S/C31H31NO4S/c1-21-8-3-5-12-25(21)28-18-22(14-15-27(28)30(33)32-29(31(34)35)16-17-37-2)19-36-20-24-11-7-10-23-9-4-6-13-26(23)24/h3-15,18,29H,16-17,19-20H2,1-2H3,(H,32,33)(H,34,35). The molecule has 0 radical (unpaired) electrons. The minimum atomic E-state index is -1.03. The van der Waals surface area contributed by atoms with Crippen LogP contribution >= 0.6 is 11.8 Å². The van der Waals surface area contributed by atoms with Gasteiger partial charge in [-0.2, -0.15) is 11.8 Å². The Morgan fingerprint density at radius 1 is 0.919 bits per heavy atom. The molecule has 0 saturated carbocycles. The molecule has 0 aliphatic heterocycles. The van der Waals surface area contributed by atoms with Crippen LogP contribution in [0.4, 0.5) is 0 Å². The lowest BCUT2D eigenvalue weighted by atomic mass is 9.93. The molecule has 0 fully saturated rings. The number of aryl methyl sites for hydroxylation is 1. The predicted octanol–water partition coefficient (Wildman–Crippen LogP) is 6.47. The maximum atomic E-state index is 13.3. The van der Waals surface area contributed by atoms with Gasteiger partial charge < -0.3 is 15.2 Å². The Kier molecular flexibility index (Phi) is 8.99. The number of carbonyl (C=O) groups is 2. The van der Waals surface area contributed by atoms with E-state index in [1.807, 2.05) is 67.8 Å². The van der Waals surface area contributed by atoms with E-state index in [2.05, 4.69) is 29.6 Å². The fraction of sp³-hybridized carbons (Fsp3) is 0.226. The molecule has 1 unspecified atom stereocenters. The Morgan fingerprint density at radius 2 is 1.68 bits per heavy atom. The average molecular weight is 514 g/mol. The van der Waals surface area contributed by atoms with Crippen LogP contribution in [0.5, 0.6) is 0 Å². The molecule has 0 heterocycles. The molecule has 0 saturated heterocycles. The van der Waals surface area contributed by atoms with E-state index in [1.54, 1.807) is 17.8 Å². The SMILES string of the molecule is CSCCC(NC(=O)c1ccc(COCc2cccc3ccccc23)cc1-c1ccccc1C)C(=O)O. The number of carboxylic acid groups (broad SMARTS) is 1. The van der Waals surface area contributed by atoms with Crippen LogP contribution in [-0.2, 0) is 22.7 Å². The number of rotatable bonds is 11. The maximum absolute atomic E-state index is 13.3. The quantitative estimate of drug-likeness (QED) is 0.240. The van der Waals surface area contributed by atoms with Crippen LogP contribution in [0.3, 0.4) is 0 Å². The van der Waals surface area contributed by atoms with Crippen molar-refractivity contribution in [1.29, 1.82) is 0 Å². The Bertz CT molecular complexity index is 1400. The largest absolute Gasteiger partial charge is 0.480 e. The first-order chi connectivity index (χ1) is 18.0. The van der Waals surface area contributed by atoms with E-state index < -0.39 is 17.9 Å². The summed E-state index contributed by atoms with van der Waals surface area (Å²) >= 11 is 1.55. The van der Waals surface area contributed by atoms with Crippen molar-refractivity contribution in [3.05, 3.63) is 107 Å². The molecule has 4 aromatic carbocycles. The monoisotopic (exact) mass is 513 g/mol. The van der Waals surface area contributed by atoms with Crippen molar-refractivity contribution in [1.82, 2.24) is 5.32 Å². The van der Waals surface area contributed by atoms with Crippen LogP contribution in [0.1, 0.15) is 33.5 Å². The predicted molar refractivity (Wildman–Crippen MR) is 151 cm³/mol. The van der Waals surface area contributed by atoms with Gasteiger partial charge >= 0.3 is 5.97 Å². The first-order valence-electron chi connectivity index (χ1n) is 12.2. The molecule has 1 amide bonds. The van der Waals surface area contributed by atoms with E-state index in [0.29, 0.717) is 31.0 Å². The third-order valence-corrected chi connectivity index (χ3v) is 7.03. The third kappa shape index (κ3) is 6.59. The summed E-state index contributed by atoms with van der Waals surface area (Å²) in [6.07, 6.45) is 2.28. The molecule has 0 spiro atoms. The maximum Gasteiger partial charge on any atom is 0.326 e. The van der Waals surface area contributed by atoms with Crippen molar-refractivity contribution < 1.29 is 19.4 Å². The first-order valence-corrected chi connectivity index (χ1v) is 13.6. The highest BCUT2D eigenvalue weighted by atomic mass is 32.2. The van der Waals surface area contributed by atoms with Gasteiger partial charge in [0.2, 0.25) is 0 Å². The van der Waals surface area contributed by atoms with E-state index in [1.165, 1.54) is 10.8 Å². The normalized spacial score (nSPS) is 11.8. The topological polar surface area (TPSA) is 75.6 Å². The minimum Gasteiger partial charge on any atom is -0.480 e. The minimum absolute atomic E-state index is 0.363. The van der Waals surface area contributed by atoms with Gasteiger partial charge in [-0.25, -0.2) is 4.79 Å². The molecule has 6 heteroatoms. The Labute approximate surface area is 221 Å². The van der Waals surface area contributed by atoms with Crippen LogP contribution in [0, 0.1) is 6.92 Å². The van der Waals surface area contributed by atoms with Crippen molar-refractivity contribution in [2.24, 2.45) is 0 Å². The highest BCUT2D eigenvalue weighted by molar-refractivity contribution is 7.98. The van der Waals surface area contributed by atoms with Gasteiger partial charge in [-0.1, -0.05) is 72.8 Å². The first kappa shape index (κ1) is 26.5. The van der Waals surface area contributed by atoms with Gasteiger partial charge in [0.15, 0.2) is 0 Å². The molecule has 5 nitrogen and oxygen atoms in total. The lowest BCUT2D eigenvalue weighted by Gasteiger charge is -2.18. The van der Waals surface area contributed by atoms with E-state index in [9.17, 15) is 14.7 Å². The molecule has 190 valence electrons. The van der Waals surface area contributed by atoms with Crippen molar-refractivity contribution >= 4 is 34.4 Å². The summed E-state index contributed by atoms with van der Waals surface area (Å²) in [5, 5.41) is 14.7. The highest BCUT2D eigenvalue weighted by Crippen LogP contribution is 2.29. The van der Waals surface area contributed by atoms with E-state index in [-0.39, 0.29) is 0 Å². The summed E-state index contributed by atoms with van der Waals surface area (Å²) in [6, 6.07) is 27.0. The number of fused-ring (bicyclic) bond motifs is 1. The van der Waals surface area contributed by atoms with Gasteiger partial charge in [-0.15, -0.1) is 0 Å². The second-order valence-corrected chi connectivity index (χ2v) is 9.96. The molecule has 4 aromatic rings. The number of nitrogens with one attached hydrogen (secondary N) is 1. The Balaban J connectivity index is 1.57. The molecule has 4 rings (SSSR count). The van der Waals surface area contributed by atoms with Crippen molar-refractivity contribution in [2.45, 2.75) is 32.6 Å². The second-order valence-electron chi connectivity index (χ2n) is 8.97. The zero-order valence-corrected chi connectivity index (χ0v) is 21.9. The lowest BCUT2D eigenvalue weighted by Crippen LogP contribution is -2.41. The van der Waals surface area contributed by atoms with Crippen LogP contribution < -0.4 is 5.32 Å². The molecular weight excluding hydrogens is 482 g/mol. The summed E-state index contributed by atoms with van der Waals surface area (Å²) in [5.41, 5.74) is 5.23. The van der Waals surface area contributed by atoms with E-state index >= 15 is 0 Å². The van der Waals surface area contributed by atoms with Gasteiger partial charge in [-0.05, 0) is 76.1 Å². The van der Waals surface area contributed by atoms with Gasteiger partial charge in [0, 0.05) is 5.56 Å². The number of carbonyl (C=O) groups excluding carboxylic acids is 1. The Hall–Kier alpha value is -3.61. The number of ether oxygens (including phenoxy) is 1. The van der Waals surface area contributed by atoms with Crippen LogP contribution in [0.2, 0.25) is 0 Å². The van der Waals surface area contributed by atoms with Crippen molar-refractivity contribution in [2.75, 3.05) is 12.0 Å². The molecule has 0 bridgehead atoms. The number of aliphatic carboxylic acids is 1. The second kappa shape index (κ2) is 12.6. The fourth-order valence-corrected chi connectivity index (χ4v) is 4.87. The summed E-state index contributed by atoms with van der Waals surface area (Å²) in [7, 11) is 0. The Morgan fingerprint density at radius 3 is 2.46 bits per heavy atom. The molecule has 1 atom stereocenters. The molecule has 2 N–H and O–H groups in total. The number of benzene rings is 4. The lowest BCUT2D eigenvalue weighted by molar-refractivity contribution is -0.139. The molecular formula is C31H31NO4S. The summed E-state index contributed by atoms with van der Waals surface area (Å²) in [6.45, 7) is 2.85. The fourth-order valence-electron chi connectivity index (χ4n) is 4.40. The summed E-state index contributed by atoms with van der Waals surface area (Å²) in [5.74, 6) is -0.775. The summed E-state index contributed by atoms with van der Waals surface area (Å²) in [4.78, 5) is 25.0. The molecule has 0 aliphatic rings. The van der Waals surface area contributed by atoms with Gasteiger partial charge in [0.1, 0.15) is 6.04 Å². The molecule has 37 heavy (non-hydrogen) atoms. The van der Waals surface area contributed by atoms with Gasteiger partial charge in [0.25, 0.3) is 5.91 Å². The smallest absolute Gasteiger partial charge is 0.326 e. The summed E-state index contributed by atoms with van der Waals surface area (Å²) < 4.78 is 6.10. The zero-order valence-electron chi connectivity index (χ0n) is 21.1. The molecule has 0 aromatic heterocycles. The van der Waals surface area contributed by atoms with E-state index in [0.717, 1.165) is 27.8 Å². The third-order valence-electron chi connectivity index (χ3n) is 6.38. The van der Waals surface area contributed by atoms with Gasteiger partial charge in [-0.3, -0.25) is 4.79 Å². The van der Waals surface area contributed by atoms with Crippen molar-refractivity contribution in [3.8, 4) is 11.1 Å². The van der Waals surface area contributed by atoms with Gasteiger partial charge in [0.05, 0.1) is 13.2 Å².